The van der Waals surface area contributed by atoms with Crippen LogP contribution in [0.25, 0.3) is 11.0 Å². The summed E-state index contributed by atoms with van der Waals surface area (Å²) in [7, 11) is 0. The number of halogens is 1. The highest BCUT2D eigenvalue weighted by atomic mass is 35.5. The van der Waals surface area contributed by atoms with E-state index in [0.29, 0.717) is 23.7 Å². The summed E-state index contributed by atoms with van der Waals surface area (Å²) in [6.07, 6.45) is 3.46. The summed E-state index contributed by atoms with van der Waals surface area (Å²) in [6, 6.07) is 13.3. The van der Waals surface area contributed by atoms with E-state index in [1.165, 1.54) is 0 Å². The van der Waals surface area contributed by atoms with E-state index in [0.717, 1.165) is 28.8 Å². The number of rotatable bonds is 3. The number of thioether (sulfide) groups is 1. The second-order valence-corrected chi connectivity index (χ2v) is 7.97. The van der Waals surface area contributed by atoms with Crippen LogP contribution in [-0.4, -0.2) is 39.7 Å². The molecule has 0 spiro atoms. The third-order valence-electron chi connectivity index (χ3n) is 5.14. The third-order valence-corrected chi connectivity index (χ3v) is 6.20. The zero-order valence-corrected chi connectivity index (χ0v) is 16.5. The van der Waals surface area contributed by atoms with Gasteiger partial charge in [-0.25, -0.2) is 4.79 Å². The highest BCUT2D eigenvalue weighted by Crippen LogP contribution is 2.28. The lowest BCUT2D eigenvalue weighted by atomic mass is 10.0. The normalized spacial score (nSPS) is 15.4. The summed E-state index contributed by atoms with van der Waals surface area (Å²) in [4.78, 5) is 31.1. The summed E-state index contributed by atoms with van der Waals surface area (Å²) in [5.41, 5.74) is 2.23. The molecule has 2 aromatic carbocycles. The first-order chi connectivity index (χ1) is 13.1. The Kier molecular flexibility index (Phi) is 5.02. The van der Waals surface area contributed by atoms with Gasteiger partial charge in [0.1, 0.15) is 0 Å². The average molecular weight is 402 g/mol. The number of imidazole rings is 1. The van der Waals surface area contributed by atoms with Crippen molar-refractivity contribution in [3.05, 3.63) is 63.5 Å². The Morgan fingerprint density at radius 1 is 1.19 bits per heavy atom. The molecule has 1 aliphatic rings. The summed E-state index contributed by atoms with van der Waals surface area (Å²) >= 11 is 7.84. The SMILES string of the molecule is CSc1ccc(Cl)c(C(=O)N2CCC(n3c(=O)[nH]c4ccccc43)CC2)c1. The van der Waals surface area contributed by atoms with Crippen LogP contribution < -0.4 is 5.69 Å². The minimum atomic E-state index is -0.0864. The Morgan fingerprint density at radius 2 is 1.93 bits per heavy atom. The van der Waals surface area contributed by atoms with Gasteiger partial charge in [-0.15, -0.1) is 11.8 Å². The van der Waals surface area contributed by atoms with Crippen molar-refractivity contribution in [2.75, 3.05) is 19.3 Å². The molecule has 3 aromatic rings. The lowest BCUT2D eigenvalue weighted by Crippen LogP contribution is -2.40. The molecule has 1 N–H and O–H groups in total. The van der Waals surface area contributed by atoms with Gasteiger partial charge in [0.15, 0.2) is 0 Å². The number of amides is 1. The van der Waals surface area contributed by atoms with E-state index in [1.54, 1.807) is 17.8 Å². The summed E-state index contributed by atoms with van der Waals surface area (Å²) in [6.45, 7) is 1.21. The monoisotopic (exact) mass is 401 g/mol. The molecule has 0 saturated carbocycles. The number of aromatic amines is 1. The van der Waals surface area contributed by atoms with Crippen LogP contribution in [0.4, 0.5) is 0 Å². The second-order valence-electron chi connectivity index (χ2n) is 6.69. The number of hydrogen-bond acceptors (Lipinski definition) is 3. The van der Waals surface area contributed by atoms with Crippen molar-refractivity contribution in [1.82, 2.24) is 14.5 Å². The lowest BCUT2D eigenvalue weighted by Gasteiger charge is -2.32. The standard InChI is InChI=1S/C20H20ClN3O2S/c1-27-14-6-7-16(21)15(12-14)19(25)23-10-8-13(9-11-23)24-18-5-3-2-4-17(18)22-20(24)26/h2-7,12-13H,8-11H2,1H3,(H,22,26). The number of hydrogen-bond donors (Lipinski definition) is 1. The van der Waals surface area contributed by atoms with Crippen molar-refractivity contribution < 1.29 is 4.79 Å². The molecule has 1 fully saturated rings. The Bertz CT molecular complexity index is 1050. The fraction of sp³-hybridized carbons (Fsp3) is 0.300. The Balaban J connectivity index is 1.53. The van der Waals surface area contributed by atoms with Crippen LogP contribution in [0.3, 0.4) is 0 Å². The molecule has 4 rings (SSSR count). The van der Waals surface area contributed by atoms with E-state index >= 15 is 0 Å². The molecule has 1 aromatic heterocycles. The smallest absolute Gasteiger partial charge is 0.326 e. The molecule has 0 radical (unpaired) electrons. The summed E-state index contributed by atoms with van der Waals surface area (Å²) in [5, 5.41) is 0.479. The maximum atomic E-state index is 12.9. The first kappa shape index (κ1) is 18.2. The van der Waals surface area contributed by atoms with Crippen molar-refractivity contribution in [2.45, 2.75) is 23.8 Å². The Labute approximate surface area is 166 Å². The quantitative estimate of drug-likeness (QED) is 0.669. The molecule has 2 heterocycles. The maximum Gasteiger partial charge on any atom is 0.326 e. The molecule has 1 aliphatic heterocycles. The predicted octanol–water partition coefficient (Wildman–Crippen LogP) is 4.18. The number of carbonyl (C=O) groups is 1. The van der Waals surface area contributed by atoms with Gasteiger partial charge in [-0.3, -0.25) is 9.36 Å². The maximum absolute atomic E-state index is 12.9. The number of likely N-dealkylation sites (tertiary alicyclic amines) is 1. The molecule has 0 aliphatic carbocycles. The van der Waals surface area contributed by atoms with E-state index in [9.17, 15) is 9.59 Å². The number of fused-ring (bicyclic) bond motifs is 1. The van der Waals surface area contributed by atoms with Crippen molar-refractivity contribution in [1.29, 1.82) is 0 Å². The number of carbonyl (C=O) groups excluding carboxylic acids is 1. The molecule has 7 heteroatoms. The molecule has 1 amide bonds. The molecule has 5 nitrogen and oxygen atoms in total. The van der Waals surface area contributed by atoms with E-state index in [4.69, 9.17) is 11.6 Å². The number of para-hydroxylation sites is 2. The van der Waals surface area contributed by atoms with Gasteiger partial charge in [-0.05, 0) is 49.4 Å². The number of nitrogens with zero attached hydrogens (tertiary/aromatic N) is 2. The fourth-order valence-corrected chi connectivity index (χ4v) is 4.37. The van der Waals surface area contributed by atoms with Gasteiger partial charge < -0.3 is 9.88 Å². The number of benzene rings is 2. The molecule has 0 unspecified atom stereocenters. The van der Waals surface area contributed by atoms with Crippen molar-refractivity contribution in [3.8, 4) is 0 Å². The molecule has 0 atom stereocenters. The number of aromatic nitrogens is 2. The van der Waals surface area contributed by atoms with Crippen molar-refractivity contribution in [3.63, 3.8) is 0 Å². The van der Waals surface area contributed by atoms with Crippen LogP contribution in [0, 0.1) is 0 Å². The molecule has 0 bridgehead atoms. The first-order valence-corrected chi connectivity index (χ1v) is 10.5. The Hall–Kier alpha value is -2.18. The zero-order chi connectivity index (χ0) is 19.0. The highest BCUT2D eigenvalue weighted by Gasteiger charge is 2.27. The van der Waals surface area contributed by atoms with E-state index in [-0.39, 0.29) is 17.6 Å². The predicted molar refractivity (Wildman–Crippen MR) is 110 cm³/mol. The van der Waals surface area contributed by atoms with Crippen LogP contribution in [0.15, 0.2) is 52.2 Å². The highest BCUT2D eigenvalue weighted by molar-refractivity contribution is 7.98. The molecule has 1 saturated heterocycles. The zero-order valence-electron chi connectivity index (χ0n) is 14.9. The van der Waals surface area contributed by atoms with Gasteiger partial charge in [0.25, 0.3) is 5.91 Å². The summed E-state index contributed by atoms with van der Waals surface area (Å²) in [5.74, 6) is -0.0411. The van der Waals surface area contributed by atoms with Gasteiger partial charge in [-0.2, -0.15) is 0 Å². The van der Waals surface area contributed by atoms with Crippen LogP contribution in [0.1, 0.15) is 29.2 Å². The second kappa shape index (κ2) is 7.44. The van der Waals surface area contributed by atoms with Gasteiger partial charge in [0, 0.05) is 24.0 Å². The number of nitrogens with one attached hydrogen (secondary N) is 1. The summed E-state index contributed by atoms with van der Waals surface area (Å²) < 4.78 is 1.83. The fourth-order valence-electron chi connectivity index (χ4n) is 3.73. The number of H-pyrrole nitrogens is 1. The van der Waals surface area contributed by atoms with Crippen LogP contribution in [0.5, 0.6) is 0 Å². The first-order valence-electron chi connectivity index (χ1n) is 8.90. The van der Waals surface area contributed by atoms with E-state index < -0.39 is 0 Å². The van der Waals surface area contributed by atoms with Gasteiger partial charge in [-0.1, -0.05) is 23.7 Å². The average Bonchev–Trinajstić information content (AvgIpc) is 3.03. The largest absolute Gasteiger partial charge is 0.338 e. The molecule has 140 valence electrons. The minimum Gasteiger partial charge on any atom is -0.338 e. The third kappa shape index (κ3) is 3.39. The topological polar surface area (TPSA) is 58.1 Å². The van der Waals surface area contributed by atoms with Gasteiger partial charge in [0.05, 0.1) is 21.6 Å². The van der Waals surface area contributed by atoms with Crippen molar-refractivity contribution in [2.24, 2.45) is 0 Å². The minimum absolute atomic E-state index is 0.0411. The Morgan fingerprint density at radius 3 is 2.67 bits per heavy atom. The molecule has 27 heavy (non-hydrogen) atoms. The van der Waals surface area contributed by atoms with Crippen LogP contribution >= 0.6 is 23.4 Å². The van der Waals surface area contributed by atoms with E-state index in [2.05, 4.69) is 4.98 Å². The number of piperidine rings is 1. The van der Waals surface area contributed by atoms with Crippen molar-refractivity contribution >= 4 is 40.3 Å². The molecular formula is C20H20ClN3O2S. The van der Waals surface area contributed by atoms with Crippen LogP contribution in [-0.2, 0) is 0 Å². The molecular weight excluding hydrogens is 382 g/mol. The van der Waals surface area contributed by atoms with Gasteiger partial charge >= 0.3 is 5.69 Å². The van der Waals surface area contributed by atoms with Crippen LogP contribution in [0.2, 0.25) is 5.02 Å². The lowest BCUT2D eigenvalue weighted by molar-refractivity contribution is 0.0695. The van der Waals surface area contributed by atoms with E-state index in [1.807, 2.05) is 52.1 Å². The van der Waals surface area contributed by atoms with Gasteiger partial charge in [0.2, 0.25) is 0 Å².